The van der Waals surface area contributed by atoms with Gasteiger partial charge in [0.2, 0.25) is 0 Å². The van der Waals surface area contributed by atoms with E-state index in [0.29, 0.717) is 0 Å². The van der Waals surface area contributed by atoms with Crippen LogP contribution in [-0.4, -0.2) is 19.9 Å². The zero-order valence-corrected chi connectivity index (χ0v) is 11.9. The van der Waals surface area contributed by atoms with Crippen molar-refractivity contribution >= 4 is 11.0 Å². The highest BCUT2D eigenvalue weighted by molar-refractivity contribution is 5.82. The lowest BCUT2D eigenvalue weighted by molar-refractivity contribution is 0.477. The maximum absolute atomic E-state index is 10.0. The number of benzene rings is 1. The van der Waals surface area contributed by atoms with Gasteiger partial charge in [0.05, 0.1) is 5.69 Å². The Bertz CT molecular complexity index is 790. The number of aryl methyl sites for hydroxylation is 3. The first-order chi connectivity index (χ1) is 9.58. The molecule has 1 aromatic carbocycles. The fourth-order valence-corrected chi connectivity index (χ4v) is 2.36. The van der Waals surface area contributed by atoms with E-state index in [9.17, 15) is 5.11 Å². The summed E-state index contributed by atoms with van der Waals surface area (Å²) in [4.78, 5) is 4.58. The topological polar surface area (TPSA) is 50.9 Å². The van der Waals surface area contributed by atoms with Gasteiger partial charge < -0.3 is 5.11 Å². The molecule has 0 saturated heterocycles. The summed E-state index contributed by atoms with van der Waals surface area (Å²) in [6, 6.07) is 7.53. The Balaban J connectivity index is 2.24. The Morgan fingerprint density at radius 1 is 1.20 bits per heavy atom. The first kappa shape index (κ1) is 12.7. The fraction of sp³-hybridized carbons (Fsp3) is 0.250. The SMILES string of the molecule is CCn1cc2c(C)cc(-c3cc(C)ccc3O)nc2n1. The number of fused-ring (bicyclic) bond motifs is 1. The van der Waals surface area contributed by atoms with E-state index in [1.165, 1.54) is 0 Å². The van der Waals surface area contributed by atoms with Crippen molar-refractivity contribution in [3.8, 4) is 17.0 Å². The zero-order valence-electron chi connectivity index (χ0n) is 11.9. The summed E-state index contributed by atoms with van der Waals surface area (Å²) in [5.41, 5.74) is 4.45. The van der Waals surface area contributed by atoms with Crippen LogP contribution in [0.5, 0.6) is 5.75 Å². The molecule has 0 aliphatic heterocycles. The average molecular weight is 267 g/mol. The summed E-state index contributed by atoms with van der Waals surface area (Å²) in [5, 5.41) is 15.5. The van der Waals surface area contributed by atoms with E-state index >= 15 is 0 Å². The summed E-state index contributed by atoms with van der Waals surface area (Å²) in [6.07, 6.45) is 2.01. The standard InChI is InChI=1S/C16H17N3O/c1-4-19-9-13-11(3)8-14(17-16(13)18-19)12-7-10(2)5-6-15(12)20/h5-9,20H,4H2,1-3H3. The van der Waals surface area contributed by atoms with Gasteiger partial charge in [-0.05, 0) is 44.5 Å². The third kappa shape index (κ3) is 2.03. The summed E-state index contributed by atoms with van der Waals surface area (Å²) < 4.78 is 1.88. The Hall–Kier alpha value is -2.36. The van der Waals surface area contributed by atoms with Gasteiger partial charge in [0.25, 0.3) is 0 Å². The first-order valence-corrected chi connectivity index (χ1v) is 6.73. The largest absolute Gasteiger partial charge is 0.507 e. The van der Waals surface area contributed by atoms with Crippen LogP contribution in [0.25, 0.3) is 22.3 Å². The Labute approximate surface area is 117 Å². The molecule has 2 heterocycles. The van der Waals surface area contributed by atoms with Crippen LogP contribution in [0.4, 0.5) is 0 Å². The molecule has 3 aromatic rings. The first-order valence-electron chi connectivity index (χ1n) is 6.73. The van der Waals surface area contributed by atoms with Crippen LogP contribution in [0.3, 0.4) is 0 Å². The average Bonchev–Trinajstić information content (AvgIpc) is 2.85. The molecule has 1 N–H and O–H groups in total. The third-order valence-corrected chi connectivity index (χ3v) is 3.50. The quantitative estimate of drug-likeness (QED) is 0.773. The Kier molecular flexibility index (Phi) is 2.93. The highest BCUT2D eigenvalue weighted by Gasteiger charge is 2.11. The van der Waals surface area contributed by atoms with Crippen molar-refractivity contribution < 1.29 is 5.11 Å². The van der Waals surface area contributed by atoms with Crippen molar-refractivity contribution in [3.63, 3.8) is 0 Å². The van der Waals surface area contributed by atoms with Crippen LogP contribution in [0.15, 0.2) is 30.5 Å². The van der Waals surface area contributed by atoms with Gasteiger partial charge >= 0.3 is 0 Å². The van der Waals surface area contributed by atoms with Gasteiger partial charge in [-0.2, -0.15) is 5.10 Å². The molecule has 0 fully saturated rings. The molecule has 20 heavy (non-hydrogen) atoms. The predicted molar refractivity (Wildman–Crippen MR) is 79.8 cm³/mol. The molecule has 3 rings (SSSR count). The van der Waals surface area contributed by atoms with Gasteiger partial charge in [-0.3, -0.25) is 4.68 Å². The van der Waals surface area contributed by atoms with E-state index in [2.05, 4.69) is 17.0 Å². The van der Waals surface area contributed by atoms with Crippen molar-refractivity contribution in [3.05, 3.63) is 41.6 Å². The number of aromatic hydroxyl groups is 1. The van der Waals surface area contributed by atoms with Crippen LogP contribution < -0.4 is 0 Å². The minimum atomic E-state index is 0.247. The van der Waals surface area contributed by atoms with Gasteiger partial charge in [-0.15, -0.1) is 0 Å². The van der Waals surface area contributed by atoms with E-state index in [4.69, 9.17) is 0 Å². The molecule has 0 saturated carbocycles. The third-order valence-electron chi connectivity index (χ3n) is 3.50. The van der Waals surface area contributed by atoms with E-state index < -0.39 is 0 Å². The van der Waals surface area contributed by atoms with Crippen LogP contribution in [0.2, 0.25) is 0 Å². The number of hydrogen-bond donors (Lipinski definition) is 1. The molecule has 0 bridgehead atoms. The Morgan fingerprint density at radius 3 is 2.75 bits per heavy atom. The number of pyridine rings is 1. The number of phenols is 1. The maximum Gasteiger partial charge on any atom is 0.181 e. The van der Waals surface area contributed by atoms with Crippen LogP contribution in [0.1, 0.15) is 18.1 Å². The summed E-state index contributed by atoms with van der Waals surface area (Å²) in [6.45, 7) is 6.91. The molecular weight excluding hydrogens is 250 g/mol. The monoisotopic (exact) mass is 267 g/mol. The van der Waals surface area contributed by atoms with Gasteiger partial charge in [-0.25, -0.2) is 4.98 Å². The highest BCUT2D eigenvalue weighted by Crippen LogP contribution is 2.31. The number of aromatic nitrogens is 3. The van der Waals surface area contributed by atoms with Crippen molar-refractivity contribution in [1.29, 1.82) is 0 Å². The molecule has 0 aliphatic carbocycles. The van der Waals surface area contributed by atoms with Gasteiger partial charge in [0.1, 0.15) is 5.75 Å². The second-order valence-corrected chi connectivity index (χ2v) is 5.07. The van der Waals surface area contributed by atoms with Crippen molar-refractivity contribution in [2.24, 2.45) is 0 Å². The number of nitrogens with zero attached hydrogens (tertiary/aromatic N) is 3. The second-order valence-electron chi connectivity index (χ2n) is 5.07. The second kappa shape index (κ2) is 4.63. The molecule has 0 atom stereocenters. The lowest BCUT2D eigenvalue weighted by atomic mass is 10.0. The van der Waals surface area contributed by atoms with Crippen LogP contribution >= 0.6 is 0 Å². The number of rotatable bonds is 2. The minimum absolute atomic E-state index is 0.247. The summed E-state index contributed by atoms with van der Waals surface area (Å²) in [5.74, 6) is 0.247. The summed E-state index contributed by atoms with van der Waals surface area (Å²) in [7, 11) is 0. The predicted octanol–water partition coefficient (Wildman–Crippen LogP) is 3.44. The minimum Gasteiger partial charge on any atom is -0.507 e. The molecule has 0 radical (unpaired) electrons. The number of hydrogen-bond acceptors (Lipinski definition) is 3. The Morgan fingerprint density at radius 2 is 2.00 bits per heavy atom. The summed E-state index contributed by atoms with van der Waals surface area (Å²) >= 11 is 0. The highest BCUT2D eigenvalue weighted by atomic mass is 16.3. The lowest BCUT2D eigenvalue weighted by Crippen LogP contribution is -1.93. The fourth-order valence-electron chi connectivity index (χ4n) is 2.36. The van der Waals surface area contributed by atoms with E-state index in [0.717, 1.165) is 40.0 Å². The molecule has 4 nitrogen and oxygen atoms in total. The van der Waals surface area contributed by atoms with Gasteiger partial charge in [0, 0.05) is 23.7 Å². The van der Waals surface area contributed by atoms with Gasteiger partial charge in [-0.1, -0.05) is 11.6 Å². The molecule has 0 aliphatic rings. The number of phenolic OH excluding ortho intramolecular Hbond substituents is 1. The molecule has 0 amide bonds. The molecule has 0 unspecified atom stereocenters. The molecule has 4 heteroatoms. The van der Waals surface area contributed by atoms with E-state index in [1.807, 2.05) is 42.9 Å². The van der Waals surface area contributed by atoms with Crippen LogP contribution in [-0.2, 0) is 6.54 Å². The van der Waals surface area contributed by atoms with Crippen LogP contribution in [0, 0.1) is 13.8 Å². The maximum atomic E-state index is 10.0. The van der Waals surface area contributed by atoms with E-state index in [1.54, 1.807) is 6.07 Å². The van der Waals surface area contributed by atoms with Crippen molar-refractivity contribution in [2.45, 2.75) is 27.3 Å². The normalized spacial score (nSPS) is 11.2. The van der Waals surface area contributed by atoms with Crippen molar-refractivity contribution in [1.82, 2.24) is 14.8 Å². The van der Waals surface area contributed by atoms with E-state index in [-0.39, 0.29) is 5.75 Å². The van der Waals surface area contributed by atoms with Crippen molar-refractivity contribution in [2.75, 3.05) is 0 Å². The molecule has 2 aromatic heterocycles. The molecular formula is C16H17N3O. The smallest absolute Gasteiger partial charge is 0.181 e. The lowest BCUT2D eigenvalue weighted by Gasteiger charge is -2.06. The molecule has 102 valence electrons. The zero-order chi connectivity index (χ0) is 14.3. The van der Waals surface area contributed by atoms with Gasteiger partial charge in [0.15, 0.2) is 5.65 Å². The molecule has 0 spiro atoms.